The van der Waals surface area contributed by atoms with Crippen molar-refractivity contribution in [2.24, 2.45) is 5.92 Å². The molecule has 19 heavy (non-hydrogen) atoms. The third kappa shape index (κ3) is 4.67. The standard InChI is InChI=1S/C13H15F3N2S/c1-9(8-19-2)7-18-12-4-3-11(13(14,15)16)5-10(12)6-17/h3-5,9,18H,7-8H2,1-2H3. The number of halogens is 3. The average Bonchev–Trinajstić information content (AvgIpc) is 2.35. The van der Waals surface area contributed by atoms with Crippen LogP contribution in [0.4, 0.5) is 18.9 Å². The zero-order chi connectivity index (χ0) is 14.5. The smallest absolute Gasteiger partial charge is 0.384 e. The fourth-order valence-corrected chi connectivity index (χ4v) is 2.28. The monoisotopic (exact) mass is 288 g/mol. The molecule has 0 aliphatic carbocycles. The predicted molar refractivity (Wildman–Crippen MR) is 72.2 cm³/mol. The molecule has 1 N–H and O–H groups in total. The number of rotatable bonds is 5. The first-order valence-electron chi connectivity index (χ1n) is 5.72. The van der Waals surface area contributed by atoms with Crippen molar-refractivity contribution >= 4 is 17.4 Å². The topological polar surface area (TPSA) is 35.8 Å². The van der Waals surface area contributed by atoms with Crippen molar-refractivity contribution in [3.8, 4) is 6.07 Å². The van der Waals surface area contributed by atoms with E-state index in [1.54, 1.807) is 17.8 Å². The van der Waals surface area contributed by atoms with Crippen LogP contribution in [0.1, 0.15) is 18.1 Å². The van der Waals surface area contributed by atoms with Crippen LogP contribution in [0, 0.1) is 17.2 Å². The number of nitrogens with zero attached hydrogens (tertiary/aromatic N) is 1. The summed E-state index contributed by atoms with van der Waals surface area (Å²) in [4.78, 5) is 0. The van der Waals surface area contributed by atoms with Crippen LogP contribution >= 0.6 is 11.8 Å². The van der Waals surface area contributed by atoms with E-state index < -0.39 is 11.7 Å². The van der Waals surface area contributed by atoms with Gasteiger partial charge in [0.2, 0.25) is 0 Å². The van der Waals surface area contributed by atoms with Gasteiger partial charge in [-0.15, -0.1) is 0 Å². The number of anilines is 1. The van der Waals surface area contributed by atoms with E-state index in [1.165, 1.54) is 6.07 Å². The zero-order valence-electron chi connectivity index (χ0n) is 10.7. The third-order valence-electron chi connectivity index (χ3n) is 2.56. The van der Waals surface area contributed by atoms with Gasteiger partial charge in [-0.3, -0.25) is 0 Å². The summed E-state index contributed by atoms with van der Waals surface area (Å²) in [5, 5.41) is 11.9. The van der Waals surface area contributed by atoms with E-state index in [0.29, 0.717) is 18.2 Å². The average molecular weight is 288 g/mol. The highest BCUT2D eigenvalue weighted by molar-refractivity contribution is 7.98. The minimum absolute atomic E-state index is 0.0196. The lowest BCUT2D eigenvalue weighted by Gasteiger charge is -2.14. The number of nitrogens with one attached hydrogen (secondary N) is 1. The maximum Gasteiger partial charge on any atom is 0.416 e. The molecule has 0 aromatic heterocycles. The van der Waals surface area contributed by atoms with Gasteiger partial charge in [0.1, 0.15) is 6.07 Å². The molecule has 0 aliphatic rings. The maximum atomic E-state index is 12.5. The van der Waals surface area contributed by atoms with Gasteiger partial charge in [0.25, 0.3) is 0 Å². The molecule has 0 amide bonds. The second-order valence-electron chi connectivity index (χ2n) is 4.31. The fourth-order valence-electron chi connectivity index (χ4n) is 1.59. The van der Waals surface area contributed by atoms with E-state index in [-0.39, 0.29) is 5.56 Å². The third-order valence-corrected chi connectivity index (χ3v) is 3.46. The second kappa shape index (κ2) is 6.71. The maximum absolute atomic E-state index is 12.5. The highest BCUT2D eigenvalue weighted by atomic mass is 32.2. The first-order chi connectivity index (χ1) is 8.88. The van der Waals surface area contributed by atoms with Crippen LogP contribution in [0.15, 0.2) is 18.2 Å². The highest BCUT2D eigenvalue weighted by Crippen LogP contribution is 2.31. The number of alkyl halides is 3. The summed E-state index contributed by atoms with van der Waals surface area (Å²) in [5.41, 5.74) is -0.332. The Morgan fingerprint density at radius 3 is 2.63 bits per heavy atom. The van der Waals surface area contributed by atoms with Gasteiger partial charge in [-0.2, -0.15) is 30.2 Å². The van der Waals surface area contributed by atoms with E-state index >= 15 is 0 Å². The van der Waals surface area contributed by atoms with Gasteiger partial charge < -0.3 is 5.32 Å². The fraction of sp³-hybridized carbons (Fsp3) is 0.462. The minimum Gasteiger partial charge on any atom is -0.384 e. The van der Waals surface area contributed by atoms with Gasteiger partial charge in [-0.25, -0.2) is 0 Å². The van der Waals surface area contributed by atoms with Crippen LogP contribution in [-0.2, 0) is 6.18 Å². The van der Waals surface area contributed by atoms with Crippen molar-refractivity contribution in [2.75, 3.05) is 23.9 Å². The molecule has 1 unspecified atom stereocenters. The Hall–Kier alpha value is -1.35. The number of hydrogen-bond acceptors (Lipinski definition) is 3. The summed E-state index contributed by atoms with van der Waals surface area (Å²) >= 11 is 1.71. The van der Waals surface area contributed by atoms with Gasteiger partial charge in [-0.1, -0.05) is 6.92 Å². The van der Waals surface area contributed by atoms with E-state index in [1.807, 2.05) is 13.2 Å². The molecular formula is C13H15F3N2S. The van der Waals surface area contributed by atoms with Crippen molar-refractivity contribution in [2.45, 2.75) is 13.1 Å². The molecule has 6 heteroatoms. The van der Waals surface area contributed by atoms with Crippen LogP contribution in [-0.4, -0.2) is 18.6 Å². The number of benzene rings is 1. The molecule has 0 saturated carbocycles. The first-order valence-corrected chi connectivity index (χ1v) is 7.12. The summed E-state index contributed by atoms with van der Waals surface area (Å²) in [7, 11) is 0. The Bertz CT molecular complexity index is 466. The second-order valence-corrected chi connectivity index (χ2v) is 5.22. The van der Waals surface area contributed by atoms with Crippen LogP contribution in [0.25, 0.3) is 0 Å². The van der Waals surface area contributed by atoms with Gasteiger partial charge >= 0.3 is 6.18 Å². The summed E-state index contributed by atoms with van der Waals surface area (Å²) in [5.74, 6) is 1.33. The molecule has 0 heterocycles. The lowest BCUT2D eigenvalue weighted by Crippen LogP contribution is -2.14. The minimum atomic E-state index is -4.42. The molecule has 2 nitrogen and oxygen atoms in total. The normalized spacial score (nSPS) is 12.8. The lowest BCUT2D eigenvalue weighted by atomic mass is 10.1. The lowest BCUT2D eigenvalue weighted by molar-refractivity contribution is -0.137. The van der Waals surface area contributed by atoms with Gasteiger partial charge in [0, 0.05) is 6.54 Å². The molecule has 104 valence electrons. The van der Waals surface area contributed by atoms with Gasteiger partial charge in [-0.05, 0) is 36.1 Å². The Morgan fingerprint density at radius 2 is 2.11 bits per heavy atom. The summed E-state index contributed by atoms with van der Waals surface area (Å²) < 4.78 is 37.6. The van der Waals surface area contributed by atoms with E-state index in [4.69, 9.17) is 5.26 Å². The molecule has 0 radical (unpaired) electrons. The largest absolute Gasteiger partial charge is 0.416 e. The van der Waals surface area contributed by atoms with Crippen molar-refractivity contribution in [3.05, 3.63) is 29.3 Å². The molecule has 0 fully saturated rings. The molecule has 1 aromatic carbocycles. The van der Waals surface area contributed by atoms with Crippen LogP contribution < -0.4 is 5.32 Å². The Balaban J connectivity index is 2.83. The Morgan fingerprint density at radius 1 is 1.42 bits per heavy atom. The Labute approximate surface area is 115 Å². The molecule has 1 atom stereocenters. The number of nitriles is 1. The number of thioether (sulfide) groups is 1. The SMILES string of the molecule is CSCC(C)CNc1ccc(C(F)(F)F)cc1C#N. The molecule has 1 aromatic rings. The van der Waals surface area contributed by atoms with Crippen LogP contribution in [0.3, 0.4) is 0 Å². The summed E-state index contributed by atoms with van der Waals surface area (Å²) in [6.07, 6.45) is -2.42. The van der Waals surface area contributed by atoms with Gasteiger partial charge in [0.15, 0.2) is 0 Å². The van der Waals surface area contributed by atoms with Gasteiger partial charge in [0.05, 0.1) is 16.8 Å². The Kier molecular flexibility index (Phi) is 5.55. The van der Waals surface area contributed by atoms with E-state index in [2.05, 4.69) is 5.32 Å². The van der Waals surface area contributed by atoms with Crippen molar-refractivity contribution < 1.29 is 13.2 Å². The van der Waals surface area contributed by atoms with Crippen LogP contribution in [0.5, 0.6) is 0 Å². The summed E-state index contributed by atoms with van der Waals surface area (Å²) in [6, 6.07) is 4.97. The van der Waals surface area contributed by atoms with Crippen LogP contribution in [0.2, 0.25) is 0 Å². The summed E-state index contributed by atoms with van der Waals surface area (Å²) in [6.45, 7) is 2.67. The van der Waals surface area contributed by atoms with Crippen molar-refractivity contribution in [1.29, 1.82) is 5.26 Å². The van der Waals surface area contributed by atoms with Crippen molar-refractivity contribution in [3.63, 3.8) is 0 Å². The molecule has 0 saturated heterocycles. The molecule has 0 bridgehead atoms. The highest BCUT2D eigenvalue weighted by Gasteiger charge is 2.31. The number of hydrogen-bond donors (Lipinski definition) is 1. The quantitative estimate of drug-likeness (QED) is 0.890. The molecule has 1 rings (SSSR count). The van der Waals surface area contributed by atoms with E-state index in [9.17, 15) is 13.2 Å². The molecular weight excluding hydrogens is 273 g/mol. The van der Waals surface area contributed by atoms with Crippen molar-refractivity contribution in [1.82, 2.24) is 0 Å². The molecule has 0 aliphatic heterocycles. The first kappa shape index (κ1) is 15.7. The predicted octanol–water partition coefficient (Wildman–Crippen LogP) is 3.99. The van der Waals surface area contributed by atoms with E-state index in [0.717, 1.165) is 17.9 Å². The molecule has 0 spiro atoms. The zero-order valence-corrected chi connectivity index (χ0v) is 11.5.